The van der Waals surface area contributed by atoms with E-state index in [-0.39, 0.29) is 25.2 Å². The van der Waals surface area contributed by atoms with Gasteiger partial charge in [-0.3, -0.25) is 14.4 Å². The second kappa shape index (κ2) is 12.7. The zero-order valence-electron chi connectivity index (χ0n) is 18.8. The number of hydrogen-bond acceptors (Lipinski definition) is 4. The molecule has 5 heteroatoms. The predicted octanol–water partition coefficient (Wildman–Crippen LogP) is 5.69. The minimum Gasteiger partial charge on any atom is -0.456 e. The number of aryl methyl sites for hydroxylation is 1. The molecule has 0 aliphatic heterocycles. The van der Waals surface area contributed by atoms with Crippen molar-refractivity contribution in [2.24, 2.45) is 0 Å². The second-order valence-electron chi connectivity index (χ2n) is 8.06. The van der Waals surface area contributed by atoms with Crippen molar-refractivity contribution in [2.75, 3.05) is 11.9 Å². The Labute approximate surface area is 185 Å². The Morgan fingerprint density at radius 2 is 1.58 bits per heavy atom. The lowest BCUT2D eigenvalue weighted by Gasteiger charge is -2.09. The zero-order valence-corrected chi connectivity index (χ0v) is 18.8. The van der Waals surface area contributed by atoms with Crippen LogP contribution >= 0.6 is 0 Å². The second-order valence-corrected chi connectivity index (χ2v) is 8.06. The average molecular weight is 424 g/mol. The van der Waals surface area contributed by atoms with Gasteiger partial charge in [0.2, 0.25) is 0 Å². The number of ketones is 1. The first-order valence-electron chi connectivity index (χ1n) is 11.1. The van der Waals surface area contributed by atoms with Gasteiger partial charge >= 0.3 is 5.97 Å². The first-order valence-corrected chi connectivity index (χ1v) is 11.1. The smallest absolute Gasteiger partial charge is 0.306 e. The maximum Gasteiger partial charge on any atom is 0.306 e. The van der Waals surface area contributed by atoms with Crippen LogP contribution in [-0.2, 0) is 20.7 Å². The lowest BCUT2D eigenvalue weighted by molar-refractivity contribution is -0.147. The highest BCUT2D eigenvalue weighted by atomic mass is 16.5. The average Bonchev–Trinajstić information content (AvgIpc) is 2.77. The van der Waals surface area contributed by atoms with Crippen LogP contribution in [0.2, 0.25) is 0 Å². The molecule has 0 atom stereocenters. The van der Waals surface area contributed by atoms with E-state index in [2.05, 4.69) is 26.1 Å². The van der Waals surface area contributed by atoms with Crippen LogP contribution in [0.3, 0.4) is 0 Å². The standard InChI is InChI=1S/C26H33NO4/c1-4-5-6-7-20-8-10-22(11-9-20)24(28)16-17-26(30)31-18-25(29)27-23-14-12-21(13-15-23)19(2)3/h8-15,19H,4-7,16-18H2,1-3H3,(H,27,29). The number of benzene rings is 2. The molecule has 166 valence electrons. The molecule has 2 rings (SSSR count). The van der Waals surface area contributed by atoms with E-state index in [0.29, 0.717) is 17.2 Å². The SMILES string of the molecule is CCCCCc1ccc(C(=O)CCC(=O)OCC(=O)Nc2ccc(C(C)C)cc2)cc1. The molecule has 0 heterocycles. The molecule has 0 radical (unpaired) electrons. The third-order valence-corrected chi connectivity index (χ3v) is 5.13. The summed E-state index contributed by atoms with van der Waals surface area (Å²) < 4.78 is 5.00. The number of carbonyl (C=O) groups excluding carboxylic acids is 3. The van der Waals surface area contributed by atoms with Crippen molar-refractivity contribution in [3.8, 4) is 0 Å². The van der Waals surface area contributed by atoms with Crippen LogP contribution in [0.4, 0.5) is 5.69 Å². The highest BCUT2D eigenvalue weighted by Gasteiger charge is 2.12. The highest BCUT2D eigenvalue weighted by molar-refractivity contribution is 5.98. The van der Waals surface area contributed by atoms with E-state index in [9.17, 15) is 14.4 Å². The third-order valence-electron chi connectivity index (χ3n) is 5.13. The van der Waals surface area contributed by atoms with Gasteiger partial charge in [0.1, 0.15) is 0 Å². The van der Waals surface area contributed by atoms with Crippen molar-refractivity contribution in [1.82, 2.24) is 0 Å². The van der Waals surface area contributed by atoms with Crippen molar-refractivity contribution < 1.29 is 19.1 Å². The van der Waals surface area contributed by atoms with Crippen LogP contribution < -0.4 is 5.32 Å². The van der Waals surface area contributed by atoms with Crippen LogP contribution in [0.1, 0.15) is 80.3 Å². The molecule has 0 aliphatic rings. The molecular formula is C26H33NO4. The van der Waals surface area contributed by atoms with Crippen molar-refractivity contribution >= 4 is 23.3 Å². The number of nitrogens with one attached hydrogen (secondary N) is 1. The van der Waals surface area contributed by atoms with E-state index in [0.717, 1.165) is 12.8 Å². The van der Waals surface area contributed by atoms with E-state index in [1.165, 1.54) is 24.0 Å². The molecule has 0 fully saturated rings. The summed E-state index contributed by atoms with van der Waals surface area (Å²) in [5, 5.41) is 2.69. The van der Waals surface area contributed by atoms with Crippen LogP contribution in [0.5, 0.6) is 0 Å². The summed E-state index contributed by atoms with van der Waals surface area (Å²) in [4.78, 5) is 36.2. The molecule has 1 amide bonds. The van der Waals surface area contributed by atoms with E-state index in [1.54, 1.807) is 0 Å². The van der Waals surface area contributed by atoms with Crippen LogP contribution in [0.15, 0.2) is 48.5 Å². The Kier molecular flexibility index (Phi) is 9.95. The van der Waals surface area contributed by atoms with E-state index >= 15 is 0 Å². The summed E-state index contributed by atoms with van der Waals surface area (Å²) in [7, 11) is 0. The monoisotopic (exact) mass is 423 g/mol. The quantitative estimate of drug-likeness (QED) is 0.270. The molecule has 1 N–H and O–H groups in total. The Bertz CT molecular complexity index is 854. The number of carbonyl (C=O) groups is 3. The molecule has 0 aliphatic carbocycles. The van der Waals surface area contributed by atoms with Gasteiger partial charge in [-0.1, -0.05) is 70.0 Å². The lowest BCUT2D eigenvalue weighted by Crippen LogP contribution is -2.21. The minimum atomic E-state index is -0.560. The Hall–Kier alpha value is -2.95. The molecular weight excluding hydrogens is 390 g/mol. The van der Waals surface area contributed by atoms with E-state index < -0.39 is 11.9 Å². The van der Waals surface area contributed by atoms with Gasteiger partial charge in [0.05, 0.1) is 6.42 Å². The van der Waals surface area contributed by atoms with Gasteiger partial charge in [-0.05, 0) is 42.0 Å². The third kappa shape index (κ3) is 8.75. The molecule has 2 aromatic carbocycles. The largest absolute Gasteiger partial charge is 0.456 e. The van der Waals surface area contributed by atoms with Crippen molar-refractivity contribution in [3.63, 3.8) is 0 Å². The number of esters is 1. The predicted molar refractivity (Wildman–Crippen MR) is 123 cm³/mol. The van der Waals surface area contributed by atoms with Crippen molar-refractivity contribution in [3.05, 3.63) is 65.2 Å². The molecule has 0 bridgehead atoms. The van der Waals surface area contributed by atoms with Gasteiger partial charge in [-0.15, -0.1) is 0 Å². The maximum absolute atomic E-state index is 12.3. The van der Waals surface area contributed by atoms with Crippen LogP contribution in [-0.4, -0.2) is 24.3 Å². The molecule has 0 unspecified atom stereocenters. The Morgan fingerprint density at radius 3 is 2.19 bits per heavy atom. The van der Waals surface area contributed by atoms with Gasteiger partial charge in [0.15, 0.2) is 12.4 Å². The number of amides is 1. The summed E-state index contributed by atoms with van der Waals surface area (Å²) in [6, 6.07) is 15.1. The summed E-state index contributed by atoms with van der Waals surface area (Å²) in [6.07, 6.45) is 4.55. The van der Waals surface area contributed by atoms with Gasteiger partial charge in [0, 0.05) is 17.7 Å². The molecule has 31 heavy (non-hydrogen) atoms. The molecule has 5 nitrogen and oxygen atoms in total. The van der Waals surface area contributed by atoms with Crippen molar-refractivity contribution in [1.29, 1.82) is 0 Å². The van der Waals surface area contributed by atoms with Crippen LogP contribution in [0, 0.1) is 0 Å². The molecule has 0 saturated heterocycles. The Balaban J connectivity index is 1.69. The van der Waals surface area contributed by atoms with E-state index in [1.807, 2.05) is 48.5 Å². The fraction of sp³-hybridized carbons (Fsp3) is 0.423. The zero-order chi connectivity index (χ0) is 22.6. The maximum atomic E-state index is 12.3. The molecule has 0 saturated carbocycles. The van der Waals surface area contributed by atoms with Gasteiger partial charge in [-0.2, -0.15) is 0 Å². The summed E-state index contributed by atoms with van der Waals surface area (Å²) in [5.41, 5.74) is 3.64. The number of rotatable bonds is 12. The highest BCUT2D eigenvalue weighted by Crippen LogP contribution is 2.17. The topological polar surface area (TPSA) is 72.5 Å². The molecule has 0 spiro atoms. The number of Topliss-reactive ketones (excluding diaryl/α,β-unsaturated/α-hetero) is 1. The Morgan fingerprint density at radius 1 is 0.903 bits per heavy atom. The van der Waals surface area contributed by atoms with Crippen molar-refractivity contribution in [2.45, 2.75) is 65.2 Å². The number of anilines is 1. The fourth-order valence-corrected chi connectivity index (χ4v) is 3.16. The lowest BCUT2D eigenvalue weighted by atomic mass is 10.0. The summed E-state index contributed by atoms with van der Waals surface area (Å²) in [5.74, 6) is -0.658. The molecule has 2 aromatic rings. The number of hydrogen-bond donors (Lipinski definition) is 1. The number of unbranched alkanes of at least 4 members (excludes halogenated alkanes) is 2. The summed E-state index contributed by atoms with van der Waals surface area (Å²) >= 11 is 0. The van der Waals surface area contributed by atoms with E-state index in [4.69, 9.17) is 4.74 Å². The fourth-order valence-electron chi connectivity index (χ4n) is 3.16. The first-order chi connectivity index (χ1) is 14.9. The number of ether oxygens (including phenoxy) is 1. The van der Waals surface area contributed by atoms with Gasteiger partial charge in [-0.25, -0.2) is 0 Å². The minimum absolute atomic E-state index is 0.0482. The molecule has 0 aromatic heterocycles. The van der Waals surface area contributed by atoms with Gasteiger partial charge < -0.3 is 10.1 Å². The van der Waals surface area contributed by atoms with Crippen LogP contribution in [0.25, 0.3) is 0 Å². The normalized spacial score (nSPS) is 10.7. The van der Waals surface area contributed by atoms with Gasteiger partial charge in [0.25, 0.3) is 5.91 Å². The first kappa shape index (κ1) is 24.3. The summed E-state index contributed by atoms with van der Waals surface area (Å²) in [6.45, 7) is 6.00.